The highest BCUT2D eigenvalue weighted by molar-refractivity contribution is 6.33. The number of nitrogens with one attached hydrogen (secondary N) is 1. The Morgan fingerprint density at radius 3 is 2.83 bits per heavy atom. The van der Waals surface area contributed by atoms with Crippen LogP contribution in [0, 0.1) is 0 Å². The minimum Gasteiger partial charge on any atom is -0.389 e. The first kappa shape index (κ1) is 20.0. The molecule has 1 aliphatic rings. The summed E-state index contributed by atoms with van der Waals surface area (Å²) in [5, 5.41) is 25.1. The van der Waals surface area contributed by atoms with Crippen LogP contribution in [-0.2, 0) is 10.3 Å². The van der Waals surface area contributed by atoms with E-state index < -0.39 is 11.7 Å². The number of anilines is 1. The fraction of sp³-hybridized carbons (Fsp3) is 0.381. The van der Waals surface area contributed by atoms with Crippen LogP contribution >= 0.6 is 11.6 Å². The Balaban J connectivity index is 1.73. The Bertz CT molecular complexity index is 1040. The molecule has 1 aromatic carbocycles. The molecule has 3 aromatic rings. The average Bonchev–Trinajstić information content (AvgIpc) is 2.69. The van der Waals surface area contributed by atoms with Gasteiger partial charge in [-0.3, -0.25) is 4.98 Å². The standard InChI is InChI=1S/C21H23ClN4O3/c1-21(2,28)14-5-7-23-16-4-3-12(9-13(14)16)19-15(22)10-24-20(26-19)25-17-6-8-29-11-18(17)27/h3-5,7,9-10,17-18,27-28H,6,8,11H2,1-2H3,(H,24,25,26)/t17-,18-/m1/s1. The van der Waals surface area contributed by atoms with E-state index in [-0.39, 0.29) is 12.6 Å². The molecule has 0 amide bonds. The van der Waals surface area contributed by atoms with Gasteiger partial charge in [0, 0.05) is 23.8 Å². The molecule has 7 nitrogen and oxygen atoms in total. The van der Waals surface area contributed by atoms with E-state index in [1.54, 1.807) is 26.2 Å². The van der Waals surface area contributed by atoms with Gasteiger partial charge in [0.25, 0.3) is 0 Å². The van der Waals surface area contributed by atoms with Crippen molar-refractivity contribution in [2.75, 3.05) is 18.5 Å². The van der Waals surface area contributed by atoms with E-state index in [4.69, 9.17) is 16.3 Å². The van der Waals surface area contributed by atoms with Crippen molar-refractivity contribution in [3.63, 3.8) is 0 Å². The summed E-state index contributed by atoms with van der Waals surface area (Å²) in [6, 6.07) is 7.34. The predicted octanol–water partition coefficient (Wildman–Crippen LogP) is 3.13. The number of aliphatic hydroxyl groups is 2. The van der Waals surface area contributed by atoms with Gasteiger partial charge in [0.1, 0.15) is 0 Å². The predicted molar refractivity (Wildman–Crippen MR) is 112 cm³/mol. The molecule has 29 heavy (non-hydrogen) atoms. The lowest BCUT2D eigenvalue weighted by atomic mass is 9.93. The molecular weight excluding hydrogens is 392 g/mol. The topological polar surface area (TPSA) is 100 Å². The Labute approximate surface area is 173 Å². The Morgan fingerprint density at radius 1 is 1.24 bits per heavy atom. The Morgan fingerprint density at radius 2 is 2.07 bits per heavy atom. The molecule has 4 rings (SSSR count). The second-order valence-electron chi connectivity index (χ2n) is 7.72. The van der Waals surface area contributed by atoms with E-state index in [0.717, 1.165) is 22.0 Å². The maximum Gasteiger partial charge on any atom is 0.223 e. The van der Waals surface area contributed by atoms with Gasteiger partial charge in [-0.1, -0.05) is 17.7 Å². The summed E-state index contributed by atoms with van der Waals surface area (Å²) in [5.41, 5.74) is 1.90. The molecule has 1 aliphatic heterocycles. The molecule has 0 radical (unpaired) electrons. The fourth-order valence-corrected chi connectivity index (χ4v) is 3.72. The molecule has 0 bridgehead atoms. The second-order valence-corrected chi connectivity index (χ2v) is 8.13. The third kappa shape index (κ3) is 4.18. The number of hydrogen-bond acceptors (Lipinski definition) is 7. The smallest absolute Gasteiger partial charge is 0.223 e. The van der Waals surface area contributed by atoms with E-state index >= 15 is 0 Å². The quantitative estimate of drug-likeness (QED) is 0.603. The van der Waals surface area contributed by atoms with Crippen LogP contribution < -0.4 is 5.32 Å². The summed E-state index contributed by atoms with van der Waals surface area (Å²) in [6.45, 7) is 4.35. The third-order valence-corrected chi connectivity index (χ3v) is 5.34. The van der Waals surface area contributed by atoms with E-state index in [9.17, 15) is 10.2 Å². The number of rotatable bonds is 4. The number of fused-ring (bicyclic) bond motifs is 1. The highest BCUT2D eigenvalue weighted by Crippen LogP contribution is 2.33. The van der Waals surface area contributed by atoms with Gasteiger partial charge >= 0.3 is 0 Å². The van der Waals surface area contributed by atoms with Crippen LogP contribution in [0.25, 0.3) is 22.2 Å². The number of halogens is 1. The van der Waals surface area contributed by atoms with Crippen LogP contribution in [-0.4, -0.2) is 50.5 Å². The third-order valence-electron chi connectivity index (χ3n) is 5.06. The number of aromatic nitrogens is 3. The van der Waals surface area contributed by atoms with Crippen LogP contribution in [0.2, 0.25) is 5.02 Å². The van der Waals surface area contributed by atoms with E-state index in [2.05, 4.69) is 20.3 Å². The first-order chi connectivity index (χ1) is 13.8. The van der Waals surface area contributed by atoms with Crippen LogP contribution in [0.1, 0.15) is 25.8 Å². The average molecular weight is 415 g/mol. The second kappa shape index (κ2) is 7.84. The number of nitrogens with zero attached hydrogens (tertiary/aromatic N) is 3. The lowest BCUT2D eigenvalue weighted by Gasteiger charge is -2.28. The highest BCUT2D eigenvalue weighted by Gasteiger charge is 2.25. The van der Waals surface area contributed by atoms with Crippen LogP contribution in [0.5, 0.6) is 0 Å². The number of benzene rings is 1. The number of pyridine rings is 1. The molecule has 0 saturated carbocycles. The molecule has 0 unspecified atom stereocenters. The van der Waals surface area contributed by atoms with Gasteiger partial charge in [0.2, 0.25) is 5.95 Å². The molecular formula is C21H23ClN4O3. The van der Waals surface area contributed by atoms with Crippen LogP contribution in [0.4, 0.5) is 5.95 Å². The molecule has 8 heteroatoms. The normalized spacial score (nSPS) is 20.0. The zero-order chi connectivity index (χ0) is 20.6. The molecule has 1 fully saturated rings. The van der Waals surface area contributed by atoms with Crippen molar-refractivity contribution in [1.82, 2.24) is 15.0 Å². The van der Waals surface area contributed by atoms with Gasteiger partial charge in [0.05, 0.1) is 46.8 Å². The largest absolute Gasteiger partial charge is 0.389 e. The maximum atomic E-state index is 10.5. The van der Waals surface area contributed by atoms with E-state index in [1.165, 1.54) is 0 Å². The van der Waals surface area contributed by atoms with Gasteiger partial charge in [-0.2, -0.15) is 0 Å². The molecule has 0 aliphatic carbocycles. The molecule has 2 aromatic heterocycles. The van der Waals surface area contributed by atoms with E-state index in [0.29, 0.717) is 29.7 Å². The summed E-state index contributed by atoms with van der Waals surface area (Å²) >= 11 is 6.40. The van der Waals surface area contributed by atoms with Crippen LogP contribution in [0.15, 0.2) is 36.7 Å². The molecule has 1 saturated heterocycles. The zero-order valence-corrected chi connectivity index (χ0v) is 17.0. The minimum absolute atomic E-state index is 0.180. The minimum atomic E-state index is -1.01. The first-order valence-electron chi connectivity index (χ1n) is 9.50. The van der Waals surface area contributed by atoms with Crippen molar-refractivity contribution < 1.29 is 14.9 Å². The maximum absolute atomic E-state index is 10.5. The van der Waals surface area contributed by atoms with Crippen molar-refractivity contribution in [3.05, 3.63) is 47.2 Å². The summed E-state index contributed by atoms with van der Waals surface area (Å²) in [6.07, 6.45) is 3.28. The zero-order valence-electron chi connectivity index (χ0n) is 16.3. The molecule has 3 N–H and O–H groups in total. The van der Waals surface area contributed by atoms with Crippen molar-refractivity contribution in [3.8, 4) is 11.3 Å². The number of hydrogen-bond donors (Lipinski definition) is 3. The highest BCUT2D eigenvalue weighted by atomic mass is 35.5. The van der Waals surface area contributed by atoms with Gasteiger partial charge < -0.3 is 20.3 Å². The van der Waals surface area contributed by atoms with Crippen molar-refractivity contribution >= 4 is 28.5 Å². The monoisotopic (exact) mass is 414 g/mol. The molecule has 152 valence electrons. The molecule has 0 spiro atoms. The van der Waals surface area contributed by atoms with Crippen molar-refractivity contribution in [2.45, 2.75) is 38.0 Å². The number of aliphatic hydroxyl groups excluding tert-OH is 1. The van der Waals surface area contributed by atoms with Crippen LogP contribution in [0.3, 0.4) is 0 Å². The first-order valence-corrected chi connectivity index (χ1v) is 9.87. The summed E-state index contributed by atoms with van der Waals surface area (Å²) < 4.78 is 5.26. The van der Waals surface area contributed by atoms with Crippen molar-refractivity contribution in [1.29, 1.82) is 0 Å². The van der Waals surface area contributed by atoms with Gasteiger partial charge in [0.15, 0.2) is 0 Å². The van der Waals surface area contributed by atoms with Gasteiger partial charge in [-0.15, -0.1) is 0 Å². The summed E-state index contributed by atoms with van der Waals surface area (Å²) in [7, 11) is 0. The van der Waals surface area contributed by atoms with E-state index in [1.807, 2.05) is 24.3 Å². The van der Waals surface area contributed by atoms with Gasteiger partial charge in [-0.25, -0.2) is 9.97 Å². The number of ether oxygens (including phenoxy) is 1. The summed E-state index contributed by atoms with van der Waals surface area (Å²) in [5.74, 6) is 0.393. The molecule has 2 atom stereocenters. The lowest BCUT2D eigenvalue weighted by molar-refractivity contribution is -0.0136. The SMILES string of the molecule is CC(C)(O)c1ccnc2ccc(-c3nc(N[C@@H]4CCOC[C@H]4O)ncc3Cl)cc12. The molecule has 3 heterocycles. The lowest BCUT2D eigenvalue weighted by Crippen LogP contribution is -2.42. The Kier molecular flexibility index (Phi) is 5.40. The summed E-state index contributed by atoms with van der Waals surface area (Å²) in [4.78, 5) is 13.2. The fourth-order valence-electron chi connectivity index (χ4n) is 3.52. The van der Waals surface area contributed by atoms with Crippen molar-refractivity contribution in [2.24, 2.45) is 0 Å². The van der Waals surface area contributed by atoms with Gasteiger partial charge in [-0.05, 0) is 44.0 Å². The Hall–Kier alpha value is -2.32.